The number of carbonyl (C=O) groups is 4. The molecule has 312 valence electrons. The van der Waals surface area contributed by atoms with Crippen LogP contribution >= 0.6 is 0 Å². The molecule has 10 nitrogen and oxygen atoms in total. The monoisotopic (exact) mass is 826 g/mol. The fraction of sp³-hybridized carbons (Fsp3) is 0.231. The third-order valence-corrected chi connectivity index (χ3v) is 12.9. The van der Waals surface area contributed by atoms with Crippen LogP contribution in [0.2, 0.25) is 0 Å². The van der Waals surface area contributed by atoms with Gasteiger partial charge in [-0.05, 0) is 55.6 Å². The second-order valence-electron chi connectivity index (χ2n) is 16.3. The van der Waals surface area contributed by atoms with Gasteiger partial charge >= 0.3 is 24.1 Å². The summed E-state index contributed by atoms with van der Waals surface area (Å²) in [6, 6.07) is 51.8. The van der Waals surface area contributed by atoms with Crippen molar-refractivity contribution < 1.29 is 38.9 Å². The van der Waals surface area contributed by atoms with E-state index >= 15 is 0 Å². The molecule has 62 heavy (non-hydrogen) atoms. The molecule has 4 aliphatic rings. The Morgan fingerprint density at radius 1 is 0.419 bits per heavy atom. The van der Waals surface area contributed by atoms with Gasteiger partial charge in [-0.1, -0.05) is 158 Å². The van der Waals surface area contributed by atoms with Crippen LogP contribution in [0.25, 0.3) is 22.3 Å². The molecule has 0 unspecified atom stereocenters. The number of hydrogen-bond acceptors (Lipinski definition) is 6. The van der Waals surface area contributed by atoms with Gasteiger partial charge in [0.2, 0.25) is 0 Å². The molecule has 4 atom stereocenters. The Hall–Kier alpha value is -7.20. The van der Waals surface area contributed by atoms with Crippen molar-refractivity contribution in [3.8, 4) is 22.3 Å². The minimum atomic E-state index is -0.886. The van der Waals surface area contributed by atoms with E-state index in [9.17, 15) is 29.4 Å². The van der Waals surface area contributed by atoms with Crippen LogP contribution in [0.4, 0.5) is 9.59 Å². The molecule has 2 aliphatic carbocycles. The maximum atomic E-state index is 12.9. The summed E-state index contributed by atoms with van der Waals surface area (Å²) in [5.74, 6) is -3.55. The molecule has 0 radical (unpaired) electrons. The summed E-state index contributed by atoms with van der Waals surface area (Å²) >= 11 is 0. The number of rotatable bonds is 8. The molecule has 10 heteroatoms. The van der Waals surface area contributed by atoms with Crippen molar-refractivity contribution in [2.75, 3.05) is 39.4 Å². The van der Waals surface area contributed by atoms with Gasteiger partial charge in [0.15, 0.2) is 0 Å². The molecule has 0 saturated carbocycles. The lowest BCUT2D eigenvalue weighted by atomic mass is 9.89. The quantitative estimate of drug-likeness (QED) is 0.155. The van der Waals surface area contributed by atoms with Crippen molar-refractivity contribution in [1.29, 1.82) is 0 Å². The van der Waals surface area contributed by atoms with E-state index in [0.717, 1.165) is 33.4 Å². The predicted octanol–water partition coefficient (Wildman–Crippen LogP) is 9.47. The Kier molecular flexibility index (Phi) is 11.3. The van der Waals surface area contributed by atoms with Gasteiger partial charge in [0.25, 0.3) is 0 Å². The number of likely N-dealkylation sites (tertiary alicyclic amines) is 2. The number of carbonyl (C=O) groups excluding carboxylic acids is 2. The number of carboxylic acid groups (broad SMARTS) is 2. The van der Waals surface area contributed by atoms with E-state index < -0.39 is 36.0 Å². The minimum absolute atomic E-state index is 0.0147. The van der Waals surface area contributed by atoms with Crippen LogP contribution in [-0.4, -0.2) is 83.5 Å². The van der Waals surface area contributed by atoms with Gasteiger partial charge in [-0.3, -0.25) is 9.59 Å². The molecular weight excluding hydrogens is 781 g/mol. The first kappa shape index (κ1) is 40.2. The summed E-state index contributed by atoms with van der Waals surface area (Å²) in [6.45, 7) is 1.47. The third-order valence-electron chi connectivity index (χ3n) is 12.9. The van der Waals surface area contributed by atoms with Gasteiger partial charge in [-0.15, -0.1) is 0 Å². The van der Waals surface area contributed by atoms with Gasteiger partial charge in [0, 0.05) is 49.9 Å². The lowest BCUT2D eigenvalue weighted by Crippen LogP contribution is -2.31. The van der Waals surface area contributed by atoms with Crippen molar-refractivity contribution in [2.45, 2.75) is 23.7 Å². The molecule has 2 aliphatic heterocycles. The third kappa shape index (κ3) is 7.80. The highest BCUT2D eigenvalue weighted by atomic mass is 16.6. The molecule has 6 aromatic carbocycles. The van der Waals surface area contributed by atoms with E-state index in [0.29, 0.717) is 13.1 Å². The highest BCUT2D eigenvalue weighted by Crippen LogP contribution is 2.46. The molecule has 2 N–H and O–H groups in total. The van der Waals surface area contributed by atoms with Crippen molar-refractivity contribution in [3.05, 3.63) is 191 Å². The number of ether oxygens (including phenoxy) is 2. The summed E-state index contributed by atoms with van der Waals surface area (Å²) in [6.07, 6.45) is -0.905. The average molecular weight is 827 g/mol. The van der Waals surface area contributed by atoms with Crippen LogP contribution in [0, 0.1) is 11.8 Å². The number of amides is 2. The summed E-state index contributed by atoms with van der Waals surface area (Å²) in [5, 5.41) is 19.4. The van der Waals surface area contributed by atoms with Gasteiger partial charge < -0.3 is 29.5 Å². The Morgan fingerprint density at radius 3 is 1.02 bits per heavy atom. The Labute approximate surface area is 360 Å². The molecule has 2 saturated heterocycles. The van der Waals surface area contributed by atoms with E-state index in [-0.39, 0.29) is 50.0 Å². The molecule has 0 aromatic heterocycles. The first-order valence-electron chi connectivity index (χ1n) is 21.0. The Morgan fingerprint density at radius 2 is 0.710 bits per heavy atom. The van der Waals surface area contributed by atoms with Gasteiger partial charge in [0.1, 0.15) is 13.2 Å². The maximum Gasteiger partial charge on any atom is 0.409 e. The van der Waals surface area contributed by atoms with Crippen LogP contribution in [0.1, 0.15) is 57.1 Å². The molecule has 10 rings (SSSR count). The predicted molar refractivity (Wildman–Crippen MR) is 234 cm³/mol. The SMILES string of the molecule is O=C(O)[C@@H]1CN(C(=O)OCC2c3ccccc3-c3ccccc32)C[C@@H]1c1ccccc1.O=C(O)[C@H]1CN(C(=O)OCC2c3ccccc3-c3ccccc32)C[C@H]1c1ccccc1. The number of carboxylic acids is 2. The lowest BCUT2D eigenvalue weighted by molar-refractivity contribution is -0.142. The lowest BCUT2D eigenvalue weighted by Gasteiger charge is -2.19. The standard InChI is InChI=1S/2C26H23NO4/c2*28-25(29)23-15-27(14-22(23)17-8-2-1-3-9-17)26(30)31-16-24-20-12-6-4-10-18(20)19-11-5-7-13-21(19)24/h2*1-13,22-24H,14-16H2,(H,28,29)/t2*22-,23-/m10/s1. The van der Waals surface area contributed by atoms with Gasteiger partial charge in [0.05, 0.1) is 11.8 Å². The topological polar surface area (TPSA) is 134 Å². The largest absolute Gasteiger partial charge is 0.481 e. The average Bonchev–Trinajstić information content (AvgIpc) is 4.10. The Bertz CT molecular complexity index is 2340. The zero-order chi connectivity index (χ0) is 42.7. The molecule has 2 fully saturated rings. The summed E-state index contributed by atoms with van der Waals surface area (Å²) in [5.41, 5.74) is 11.2. The maximum absolute atomic E-state index is 12.9. The molecule has 0 spiro atoms. The minimum Gasteiger partial charge on any atom is -0.481 e. The van der Waals surface area contributed by atoms with E-state index in [1.165, 1.54) is 32.1 Å². The van der Waals surface area contributed by atoms with Crippen molar-refractivity contribution in [3.63, 3.8) is 0 Å². The number of nitrogens with zero attached hydrogens (tertiary/aromatic N) is 2. The van der Waals surface area contributed by atoms with Crippen LogP contribution < -0.4 is 0 Å². The van der Waals surface area contributed by atoms with E-state index in [1.54, 1.807) is 0 Å². The van der Waals surface area contributed by atoms with Crippen LogP contribution in [0.5, 0.6) is 0 Å². The number of aliphatic carboxylic acids is 2. The molecule has 2 heterocycles. The fourth-order valence-corrected chi connectivity index (χ4v) is 9.85. The van der Waals surface area contributed by atoms with Crippen molar-refractivity contribution >= 4 is 24.1 Å². The molecular formula is C52H46N2O8. The molecule has 2 amide bonds. The van der Waals surface area contributed by atoms with Gasteiger partial charge in [-0.25, -0.2) is 9.59 Å². The Balaban J connectivity index is 0.000000158. The second-order valence-corrected chi connectivity index (χ2v) is 16.3. The van der Waals surface area contributed by atoms with Crippen LogP contribution in [0.15, 0.2) is 158 Å². The highest BCUT2D eigenvalue weighted by molar-refractivity contribution is 5.81. The first-order chi connectivity index (χ1) is 30.3. The number of benzene rings is 6. The van der Waals surface area contributed by atoms with Crippen molar-refractivity contribution in [2.24, 2.45) is 11.8 Å². The molecule has 0 bridgehead atoms. The highest BCUT2D eigenvalue weighted by Gasteiger charge is 2.43. The fourth-order valence-electron chi connectivity index (χ4n) is 9.85. The van der Waals surface area contributed by atoms with Gasteiger partial charge in [-0.2, -0.15) is 0 Å². The van der Waals surface area contributed by atoms with Crippen LogP contribution in [-0.2, 0) is 19.1 Å². The first-order valence-corrected chi connectivity index (χ1v) is 21.0. The zero-order valence-electron chi connectivity index (χ0n) is 34.0. The second kappa shape index (κ2) is 17.4. The van der Waals surface area contributed by atoms with Crippen LogP contribution in [0.3, 0.4) is 0 Å². The van der Waals surface area contributed by atoms with Crippen molar-refractivity contribution in [1.82, 2.24) is 9.80 Å². The smallest absolute Gasteiger partial charge is 0.409 e. The zero-order valence-corrected chi connectivity index (χ0v) is 34.0. The van der Waals surface area contributed by atoms with E-state index in [1.807, 2.05) is 109 Å². The normalized spacial score (nSPS) is 19.7. The molecule has 6 aromatic rings. The van der Waals surface area contributed by atoms with E-state index in [2.05, 4.69) is 48.5 Å². The number of hydrogen-bond donors (Lipinski definition) is 2. The summed E-state index contributed by atoms with van der Waals surface area (Å²) < 4.78 is 11.5. The summed E-state index contributed by atoms with van der Waals surface area (Å²) in [4.78, 5) is 52.5. The number of fused-ring (bicyclic) bond motifs is 6. The summed E-state index contributed by atoms with van der Waals surface area (Å²) in [7, 11) is 0. The van der Waals surface area contributed by atoms with E-state index in [4.69, 9.17) is 9.47 Å².